The number of hydrogen-bond acceptors (Lipinski definition) is 2. The van der Waals surface area contributed by atoms with Gasteiger partial charge in [0, 0.05) is 23.3 Å². The lowest BCUT2D eigenvalue weighted by molar-refractivity contribution is -0.116. The molecule has 1 aromatic heterocycles. The zero-order valence-corrected chi connectivity index (χ0v) is 12.5. The molecule has 0 saturated heterocycles. The summed E-state index contributed by atoms with van der Waals surface area (Å²) in [5.41, 5.74) is 2.91. The number of rotatable bonds is 5. The molecule has 1 aromatic carbocycles. The lowest BCUT2D eigenvalue weighted by Crippen LogP contribution is -2.11. The van der Waals surface area contributed by atoms with Gasteiger partial charge in [-0.25, -0.2) is 0 Å². The molecule has 1 heterocycles. The number of nitrogens with one attached hydrogen (secondary N) is 1. The SMILES string of the molecule is Cc1ccc(NC(=O)CCCCBr)c2cccnc12. The first-order valence-corrected chi connectivity index (χ1v) is 7.54. The number of amides is 1. The molecule has 0 atom stereocenters. The molecule has 0 bridgehead atoms. The zero-order valence-electron chi connectivity index (χ0n) is 10.9. The molecular formula is C15H17BrN2O. The smallest absolute Gasteiger partial charge is 0.224 e. The second-order valence-electron chi connectivity index (χ2n) is 4.52. The molecule has 1 amide bonds. The summed E-state index contributed by atoms with van der Waals surface area (Å²) >= 11 is 3.37. The van der Waals surface area contributed by atoms with Crippen LogP contribution in [0, 0.1) is 6.92 Å². The van der Waals surface area contributed by atoms with Gasteiger partial charge in [0.25, 0.3) is 0 Å². The number of fused-ring (bicyclic) bond motifs is 1. The summed E-state index contributed by atoms with van der Waals surface area (Å²) in [6.45, 7) is 2.02. The van der Waals surface area contributed by atoms with Gasteiger partial charge in [-0.05, 0) is 43.5 Å². The Morgan fingerprint density at radius 2 is 2.16 bits per heavy atom. The number of aryl methyl sites for hydroxylation is 1. The number of unbranched alkanes of at least 4 members (excludes halogenated alkanes) is 1. The highest BCUT2D eigenvalue weighted by molar-refractivity contribution is 9.09. The van der Waals surface area contributed by atoms with E-state index in [1.165, 1.54) is 0 Å². The summed E-state index contributed by atoms with van der Waals surface area (Å²) in [6, 6.07) is 7.82. The highest BCUT2D eigenvalue weighted by atomic mass is 79.9. The standard InChI is InChI=1S/C15H17BrN2O/c1-11-7-8-13(12-5-4-10-17-15(11)12)18-14(19)6-2-3-9-16/h4-5,7-8,10H,2-3,6,9H2,1H3,(H,18,19). The van der Waals surface area contributed by atoms with E-state index in [2.05, 4.69) is 26.2 Å². The van der Waals surface area contributed by atoms with Crippen molar-refractivity contribution in [2.45, 2.75) is 26.2 Å². The van der Waals surface area contributed by atoms with E-state index in [4.69, 9.17) is 0 Å². The van der Waals surface area contributed by atoms with Gasteiger partial charge in [0.2, 0.25) is 5.91 Å². The summed E-state index contributed by atoms with van der Waals surface area (Å²) in [6.07, 6.45) is 4.25. The molecule has 0 fully saturated rings. The molecule has 19 heavy (non-hydrogen) atoms. The Bertz CT molecular complexity index is 583. The Hall–Kier alpha value is -1.42. The summed E-state index contributed by atoms with van der Waals surface area (Å²) in [4.78, 5) is 16.2. The monoisotopic (exact) mass is 320 g/mol. The Labute approximate surface area is 121 Å². The quantitative estimate of drug-likeness (QED) is 0.667. The van der Waals surface area contributed by atoms with E-state index in [9.17, 15) is 4.79 Å². The van der Waals surface area contributed by atoms with Gasteiger partial charge >= 0.3 is 0 Å². The second kappa shape index (κ2) is 6.66. The highest BCUT2D eigenvalue weighted by Crippen LogP contribution is 2.24. The number of benzene rings is 1. The van der Waals surface area contributed by atoms with Gasteiger partial charge < -0.3 is 5.32 Å². The van der Waals surface area contributed by atoms with Gasteiger partial charge in [-0.2, -0.15) is 0 Å². The van der Waals surface area contributed by atoms with Gasteiger partial charge in [0.15, 0.2) is 0 Å². The van der Waals surface area contributed by atoms with Crippen LogP contribution in [0.15, 0.2) is 30.5 Å². The first kappa shape index (κ1) is 14.0. The highest BCUT2D eigenvalue weighted by Gasteiger charge is 2.07. The van der Waals surface area contributed by atoms with Crippen LogP contribution < -0.4 is 5.32 Å². The van der Waals surface area contributed by atoms with E-state index < -0.39 is 0 Å². The van der Waals surface area contributed by atoms with Crippen molar-refractivity contribution in [1.82, 2.24) is 4.98 Å². The predicted molar refractivity (Wildman–Crippen MR) is 82.8 cm³/mol. The molecule has 0 unspecified atom stereocenters. The Morgan fingerprint density at radius 1 is 1.32 bits per heavy atom. The first-order valence-electron chi connectivity index (χ1n) is 6.42. The third-order valence-electron chi connectivity index (χ3n) is 3.03. The van der Waals surface area contributed by atoms with E-state index in [1.54, 1.807) is 6.20 Å². The fourth-order valence-electron chi connectivity index (χ4n) is 2.02. The Balaban J connectivity index is 2.17. The van der Waals surface area contributed by atoms with Gasteiger partial charge in [-0.3, -0.25) is 9.78 Å². The van der Waals surface area contributed by atoms with E-state index >= 15 is 0 Å². The van der Waals surface area contributed by atoms with Crippen molar-refractivity contribution in [3.05, 3.63) is 36.0 Å². The average Bonchev–Trinajstić information content (AvgIpc) is 2.43. The molecule has 0 aliphatic carbocycles. The number of alkyl halides is 1. The first-order chi connectivity index (χ1) is 9.22. The number of carbonyl (C=O) groups excluding carboxylic acids is 1. The molecular weight excluding hydrogens is 304 g/mol. The molecule has 1 N–H and O–H groups in total. The molecule has 0 spiro atoms. The van der Waals surface area contributed by atoms with E-state index in [0.717, 1.165) is 40.3 Å². The van der Waals surface area contributed by atoms with Crippen molar-refractivity contribution in [2.24, 2.45) is 0 Å². The average molecular weight is 321 g/mol. The summed E-state index contributed by atoms with van der Waals surface area (Å²) < 4.78 is 0. The Morgan fingerprint density at radius 3 is 2.95 bits per heavy atom. The molecule has 100 valence electrons. The number of nitrogens with zero attached hydrogens (tertiary/aromatic N) is 1. The van der Waals surface area contributed by atoms with Crippen LogP contribution in [0.3, 0.4) is 0 Å². The zero-order chi connectivity index (χ0) is 13.7. The van der Waals surface area contributed by atoms with Crippen LogP contribution in [0.5, 0.6) is 0 Å². The predicted octanol–water partition coefficient (Wildman–Crippen LogP) is 4.05. The van der Waals surface area contributed by atoms with Crippen LogP contribution in [0.4, 0.5) is 5.69 Å². The molecule has 0 radical (unpaired) electrons. The molecule has 2 rings (SSSR count). The second-order valence-corrected chi connectivity index (χ2v) is 5.32. The lowest BCUT2D eigenvalue weighted by Gasteiger charge is -2.09. The van der Waals surface area contributed by atoms with E-state index in [-0.39, 0.29) is 5.91 Å². The lowest BCUT2D eigenvalue weighted by atomic mass is 10.1. The number of anilines is 1. The molecule has 2 aromatic rings. The number of halogens is 1. The van der Waals surface area contributed by atoms with Crippen LogP contribution in [0.25, 0.3) is 10.9 Å². The van der Waals surface area contributed by atoms with Crippen molar-refractivity contribution in [3.8, 4) is 0 Å². The van der Waals surface area contributed by atoms with Crippen molar-refractivity contribution in [2.75, 3.05) is 10.6 Å². The van der Waals surface area contributed by atoms with Crippen molar-refractivity contribution in [1.29, 1.82) is 0 Å². The third-order valence-corrected chi connectivity index (χ3v) is 3.59. The number of carbonyl (C=O) groups is 1. The molecule has 0 aliphatic heterocycles. The largest absolute Gasteiger partial charge is 0.325 e. The minimum atomic E-state index is 0.0648. The minimum absolute atomic E-state index is 0.0648. The molecule has 0 aliphatic rings. The fourth-order valence-corrected chi connectivity index (χ4v) is 2.41. The maximum atomic E-state index is 11.9. The van der Waals surface area contributed by atoms with Gasteiger partial charge in [-0.15, -0.1) is 0 Å². The van der Waals surface area contributed by atoms with E-state index in [1.807, 2.05) is 31.2 Å². The number of pyridine rings is 1. The van der Waals surface area contributed by atoms with Crippen LogP contribution >= 0.6 is 15.9 Å². The van der Waals surface area contributed by atoms with Gasteiger partial charge in [0.1, 0.15) is 0 Å². The van der Waals surface area contributed by atoms with Gasteiger partial charge in [0.05, 0.1) is 11.2 Å². The van der Waals surface area contributed by atoms with Crippen molar-refractivity contribution < 1.29 is 4.79 Å². The number of hydrogen-bond donors (Lipinski definition) is 1. The van der Waals surface area contributed by atoms with Gasteiger partial charge in [-0.1, -0.05) is 22.0 Å². The van der Waals surface area contributed by atoms with E-state index in [0.29, 0.717) is 6.42 Å². The maximum absolute atomic E-state index is 11.9. The molecule has 4 heteroatoms. The summed E-state index contributed by atoms with van der Waals surface area (Å²) in [5, 5.41) is 4.92. The van der Waals surface area contributed by atoms with Crippen molar-refractivity contribution >= 4 is 38.4 Å². The van der Waals surface area contributed by atoms with Crippen LogP contribution in [0.2, 0.25) is 0 Å². The number of aromatic nitrogens is 1. The van der Waals surface area contributed by atoms with Crippen LogP contribution in [-0.4, -0.2) is 16.2 Å². The Kier molecular flexibility index (Phi) is 4.91. The minimum Gasteiger partial charge on any atom is -0.325 e. The molecule has 3 nitrogen and oxygen atoms in total. The normalized spacial score (nSPS) is 10.6. The van der Waals surface area contributed by atoms with Crippen molar-refractivity contribution in [3.63, 3.8) is 0 Å². The fraction of sp³-hybridized carbons (Fsp3) is 0.333. The van der Waals surface area contributed by atoms with Crippen LogP contribution in [0.1, 0.15) is 24.8 Å². The topological polar surface area (TPSA) is 42.0 Å². The summed E-state index contributed by atoms with van der Waals surface area (Å²) in [7, 11) is 0. The maximum Gasteiger partial charge on any atom is 0.224 e. The van der Waals surface area contributed by atoms with Crippen LogP contribution in [-0.2, 0) is 4.79 Å². The summed E-state index contributed by atoms with van der Waals surface area (Å²) in [5.74, 6) is 0.0648. The third kappa shape index (κ3) is 3.53. The molecule has 0 saturated carbocycles.